The largest absolute Gasteiger partial charge is 0.481 e. The minimum Gasteiger partial charge on any atom is -0.481 e. The predicted molar refractivity (Wildman–Crippen MR) is 191 cm³/mol. The lowest BCUT2D eigenvalue weighted by atomic mass is 9.92. The first-order valence-electron chi connectivity index (χ1n) is 17.2. The summed E-state index contributed by atoms with van der Waals surface area (Å²) in [6, 6.07) is 13.0. The molecule has 2 aromatic carbocycles. The number of carboxylic acids is 1. The highest BCUT2D eigenvalue weighted by atomic mass is 35.5. The molecular formula is C37H49ClF6N4O4. The van der Waals surface area contributed by atoms with Gasteiger partial charge in [0.25, 0.3) is 5.91 Å². The van der Waals surface area contributed by atoms with Crippen molar-refractivity contribution in [1.82, 2.24) is 14.7 Å². The van der Waals surface area contributed by atoms with Gasteiger partial charge in [0.2, 0.25) is 5.91 Å². The molecule has 2 amide bonds. The smallest absolute Gasteiger partial charge is 0.405 e. The number of amides is 2. The number of carbonyl (C=O) groups is 3. The van der Waals surface area contributed by atoms with Crippen molar-refractivity contribution in [2.45, 2.75) is 58.8 Å². The van der Waals surface area contributed by atoms with Gasteiger partial charge in [0.1, 0.15) is 0 Å². The standard InChI is InChI=1S/C28H34ClF3N4O2.C7H9F3O2.C2H6/c1-33(2)26(37)23-9-8-22(18-24(23)29)35-16-14-34(15-17-35)19-20-10-12-36(13-11-20)27(38)25(28(30,31)32)21-6-4-3-5-7-21;1-3-4(2)5(6(11)12)7(8,9)10;1-2/h3-9,18,20,25H,10-17,19H2,1-2H3;3,5H,1-2H3,(H,11,12);1-2H3/b;4-3+;. The molecule has 2 aliphatic rings. The number of benzene rings is 2. The first kappa shape index (κ1) is 44.4. The van der Waals surface area contributed by atoms with Gasteiger partial charge in [0, 0.05) is 65.6 Å². The molecule has 15 heteroatoms. The molecular weight excluding hydrogens is 714 g/mol. The Bertz CT molecular complexity index is 1490. The molecule has 0 saturated carbocycles. The summed E-state index contributed by atoms with van der Waals surface area (Å²) >= 11 is 6.38. The lowest BCUT2D eigenvalue weighted by molar-refractivity contribution is -0.186. The van der Waals surface area contributed by atoms with E-state index in [1.54, 1.807) is 26.2 Å². The van der Waals surface area contributed by atoms with Gasteiger partial charge in [0.15, 0.2) is 11.8 Å². The lowest BCUT2D eigenvalue weighted by Gasteiger charge is -2.40. The molecule has 2 aromatic rings. The number of rotatable bonds is 8. The Morgan fingerprint density at radius 1 is 0.904 bits per heavy atom. The van der Waals surface area contributed by atoms with Crippen molar-refractivity contribution in [3.8, 4) is 0 Å². The van der Waals surface area contributed by atoms with Gasteiger partial charge < -0.3 is 19.8 Å². The Morgan fingerprint density at radius 2 is 1.46 bits per heavy atom. The number of piperazine rings is 1. The fourth-order valence-corrected chi connectivity index (χ4v) is 6.32. The van der Waals surface area contributed by atoms with E-state index in [0.717, 1.165) is 51.4 Å². The van der Waals surface area contributed by atoms with E-state index in [-0.39, 0.29) is 17.0 Å². The molecule has 4 rings (SSSR count). The molecule has 2 aliphatic heterocycles. The molecule has 0 aromatic heterocycles. The summed E-state index contributed by atoms with van der Waals surface area (Å²) in [4.78, 5) is 42.8. The monoisotopic (exact) mass is 762 g/mol. The number of anilines is 1. The molecule has 2 unspecified atom stereocenters. The minimum absolute atomic E-state index is 0.00905. The SMILES string of the molecule is C/C=C(\C)C(C(=O)O)C(F)(F)F.CC.CN(C)C(=O)c1ccc(N2CCN(CC3CCN(C(=O)C(c4ccccc4)C(F)(F)F)CC3)CC2)cc1Cl. The van der Waals surface area contributed by atoms with Gasteiger partial charge in [-0.15, -0.1) is 0 Å². The number of hydrogen-bond acceptors (Lipinski definition) is 5. The molecule has 0 spiro atoms. The summed E-state index contributed by atoms with van der Waals surface area (Å²) in [5, 5.41) is 8.68. The number of alkyl halides is 6. The Morgan fingerprint density at radius 3 is 1.88 bits per heavy atom. The van der Waals surface area contributed by atoms with Gasteiger partial charge in [-0.25, -0.2) is 0 Å². The van der Waals surface area contributed by atoms with Gasteiger partial charge in [0.05, 0.1) is 10.6 Å². The molecule has 2 heterocycles. The Balaban J connectivity index is 0.000000569. The van der Waals surface area contributed by atoms with E-state index in [1.807, 2.05) is 26.0 Å². The number of hydrogen-bond donors (Lipinski definition) is 1. The zero-order valence-electron chi connectivity index (χ0n) is 30.4. The van der Waals surface area contributed by atoms with Gasteiger partial charge in [-0.05, 0) is 56.4 Å². The molecule has 2 saturated heterocycles. The summed E-state index contributed by atoms with van der Waals surface area (Å²) in [7, 11) is 3.38. The van der Waals surface area contributed by atoms with E-state index in [4.69, 9.17) is 16.7 Å². The molecule has 1 N–H and O–H groups in total. The number of aliphatic carboxylic acids is 1. The maximum atomic E-state index is 13.8. The number of carboxylic acid groups (broad SMARTS) is 1. The van der Waals surface area contributed by atoms with Crippen LogP contribution in [0.5, 0.6) is 0 Å². The second-order valence-corrected chi connectivity index (χ2v) is 13.1. The third-order valence-electron chi connectivity index (χ3n) is 8.96. The number of piperidine rings is 1. The topological polar surface area (TPSA) is 84.4 Å². The third kappa shape index (κ3) is 12.4. The first-order valence-corrected chi connectivity index (χ1v) is 17.5. The molecule has 2 fully saturated rings. The Labute approximate surface area is 307 Å². The zero-order valence-corrected chi connectivity index (χ0v) is 31.2. The quantitative estimate of drug-likeness (QED) is 0.217. The molecule has 52 heavy (non-hydrogen) atoms. The Hall–Kier alpha value is -3.78. The summed E-state index contributed by atoms with van der Waals surface area (Å²) in [5.41, 5.74) is 1.25. The van der Waals surface area contributed by atoms with E-state index in [2.05, 4.69) is 9.80 Å². The van der Waals surface area contributed by atoms with Gasteiger partial charge in [-0.3, -0.25) is 19.3 Å². The van der Waals surface area contributed by atoms with E-state index in [0.29, 0.717) is 42.4 Å². The molecule has 0 aliphatic carbocycles. The van der Waals surface area contributed by atoms with Crippen LogP contribution in [-0.4, -0.2) is 110 Å². The highest BCUT2D eigenvalue weighted by Gasteiger charge is 2.48. The summed E-state index contributed by atoms with van der Waals surface area (Å²) < 4.78 is 77.3. The van der Waals surface area contributed by atoms with Crippen molar-refractivity contribution in [3.63, 3.8) is 0 Å². The van der Waals surface area contributed by atoms with Crippen LogP contribution in [0.4, 0.5) is 32.0 Å². The summed E-state index contributed by atoms with van der Waals surface area (Å²) in [6.07, 6.45) is -6.79. The molecule has 8 nitrogen and oxygen atoms in total. The average molecular weight is 763 g/mol. The van der Waals surface area contributed by atoms with Crippen LogP contribution in [0, 0.1) is 11.8 Å². The van der Waals surface area contributed by atoms with Gasteiger partial charge in [-0.2, -0.15) is 26.3 Å². The fourth-order valence-electron chi connectivity index (χ4n) is 6.06. The number of carbonyl (C=O) groups excluding carboxylic acids is 2. The minimum atomic E-state index is -4.71. The third-order valence-corrected chi connectivity index (χ3v) is 9.27. The lowest BCUT2D eigenvalue weighted by Crippen LogP contribution is -2.50. The molecule has 0 radical (unpaired) electrons. The van der Waals surface area contributed by atoms with Crippen LogP contribution < -0.4 is 4.90 Å². The van der Waals surface area contributed by atoms with Crippen LogP contribution in [0.15, 0.2) is 60.2 Å². The van der Waals surface area contributed by atoms with Crippen LogP contribution in [0.25, 0.3) is 0 Å². The number of likely N-dealkylation sites (tertiary alicyclic amines) is 1. The van der Waals surface area contributed by atoms with Crippen molar-refractivity contribution >= 4 is 35.1 Å². The van der Waals surface area contributed by atoms with Crippen molar-refractivity contribution < 1.29 is 45.8 Å². The van der Waals surface area contributed by atoms with Crippen molar-refractivity contribution in [1.29, 1.82) is 0 Å². The van der Waals surface area contributed by atoms with Crippen LogP contribution in [-0.2, 0) is 9.59 Å². The van der Waals surface area contributed by atoms with Gasteiger partial charge in [-0.1, -0.05) is 67.4 Å². The van der Waals surface area contributed by atoms with Gasteiger partial charge >= 0.3 is 18.3 Å². The van der Waals surface area contributed by atoms with Crippen LogP contribution in [0.3, 0.4) is 0 Å². The van der Waals surface area contributed by atoms with Crippen LogP contribution >= 0.6 is 11.6 Å². The van der Waals surface area contributed by atoms with Crippen LogP contribution in [0.2, 0.25) is 5.02 Å². The maximum Gasteiger partial charge on any atom is 0.405 e. The zero-order chi connectivity index (χ0) is 39.4. The van der Waals surface area contributed by atoms with Crippen molar-refractivity contribution in [2.75, 3.05) is 64.8 Å². The van der Waals surface area contributed by atoms with E-state index >= 15 is 0 Å². The Kier molecular flexibility index (Phi) is 17.0. The fraction of sp³-hybridized carbons (Fsp3) is 0.541. The maximum absolute atomic E-state index is 13.8. The normalized spacial score (nSPS) is 17.2. The number of halogens is 7. The predicted octanol–water partition coefficient (Wildman–Crippen LogP) is 7.99. The van der Waals surface area contributed by atoms with E-state index in [9.17, 15) is 40.7 Å². The van der Waals surface area contributed by atoms with E-state index < -0.39 is 36.1 Å². The number of allylic oxidation sites excluding steroid dienone is 1. The highest BCUT2D eigenvalue weighted by Crippen LogP contribution is 2.37. The average Bonchev–Trinajstić information content (AvgIpc) is 3.09. The van der Waals surface area contributed by atoms with E-state index in [1.165, 1.54) is 41.0 Å². The first-order chi connectivity index (χ1) is 24.3. The van der Waals surface area contributed by atoms with Crippen molar-refractivity contribution in [2.24, 2.45) is 11.8 Å². The number of nitrogens with zero attached hydrogens (tertiary/aromatic N) is 4. The highest BCUT2D eigenvalue weighted by molar-refractivity contribution is 6.34. The molecule has 290 valence electrons. The second kappa shape index (κ2) is 19.9. The summed E-state index contributed by atoms with van der Waals surface area (Å²) in [5.74, 6) is -6.99. The second-order valence-electron chi connectivity index (χ2n) is 12.7. The molecule has 2 atom stereocenters. The summed E-state index contributed by atoms with van der Waals surface area (Å²) in [6.45, 7) is 11.4. The van der Waals surface area contributed by atoms with Crippen molar-refractivity contribution in [3.05, 3.63) is 76.3 Å². The van der Waals surface area contributed by atoms with Crippen LogP contribution in [0.1, 0.15) is 62.4 Å². The molecule has 0 bridgehead atoms.